The van der Waals surface area contributed by atoms with Crippen LogP contribution in [0.3, 0.4) is 0 Å². The predicted molar refractivity (Wildman–Crippen MR) is 72.4 cm³/mol. The molecule has 0 unspecified atom stereocenters. The van der Waals surface area contributed by atoms with Gasteiger partial charge >= 0.3 is 0 Å². The highest BCUT2D eigenvalue weighted by Gasteiger charge is 2.17. The zero-order valence-corrected chi connectivity index (χ0v) is 11.1. The first-order chi connectivity index (χ1) is 9.58. The second-order valence-corrected chi connectivity index (χ2v) is 4.70. The summed E-state index contributed by atoms with van der Waals surface area (Å²) in [5.74, 6) is 0. The number of hydrogen-bond donors (Lipinski definition) is 1. The Labute approximate surface area is 117 Å². The van der Waals surface area contributed by atoms with Crippen molar-refractivity contribution in [1.29, 1.82) is 0 Å². The number of non-ortho nitro benzene ring substituents is 1. The van der Waals surface area contributed by atoms with Crippen molar-refractivity contribution in [3.63, 3.8) is 0 Å². The molecule has 0 aliphatic rings. The van der Waals surface area contributed by atoms with Crippen LogP contribution in [0.25, 0.3) is 0 Å². The maximum atomic E-state index is 12.9. The average molecular weight is 299 g/mol. The van der Waals surface area contributed by atoms with Gasteiger partial charge in [-0.05, 0) is 6.07 Å². The molecular weight excluding hydrogens is 288 g/mol. The lowest BCUT2D eigenvalue weighted by molar-refractivity contribution is -0.385. The number of halogens is 2. The number of nitrogens with one attached hydrogen (secondary N) is 1. The molecule has 0 saturated heterocycles. The van der Waals surface area contributed by atoms with Crippen LogP contribution < -0.4 is 5.32 Å². The van der Waals surface area contributed by atoms with Crippen molar-refractivity contribution >= 4 is 22.7 Å². The van der Waals surface area contributed by atoms with Gasteiger partial charge in [-0.15, -0.1) is 11.3 Å². The molecule has 0 aliphatic carbocycles. The van der Waals surface area contributed by atoms with E-state index in [1.54, 1.807) is 5.51 Å². The van der Waals surface area contributed by atoms with Gasteiger partial charge in [0.25, 0.3) is 12.1 Å². The minimum atomic E-state index is -2.77. The smallest absolute Gasteiger partial charge is 0.270 e. The fraction of sp³-hybridized carbons (Fsp3) is 0.250. The number of rotatable bonds is 6. The van der Waals surface area contributed by atoms with Crippen LogP contribution >= 0.6 is 11.3 Å². The molecule has 0 spiro atoms. The van der Waals surface area contributed by atoms with E-state index in [1.807, 2.05) is 5.38 Å². The van der Waals surface area contributed by atoms with Gasteiger partial charge in [-0.1, -0.05) is 0 Å². The van der Waals surface area contributed by atoms with E-state index < -0.39 is 11.3 Å². The summed E-state index contributed by atoms with van der Waals surface area (Å²) in [5.41, 5.74) is 2.08. The van der Waals surface area contributed by atoms with E-state index in [0.717, 1.165) is 11.8 Å². The lowest BCUT2D eigenvalue weighted by atomic mass is 10.1. The number of nitrogens with zero attached hydrogens (tertiary/aromatic N) is 2. The standard InChI is InChI=1S/C12H11F2N3O2S/c13-12(14)10-5-9(17(18)19)1-2-11(10)15-4-3-8-6-20-7-16-8/h1-2,5-7,12,15H,3-4H2. The van der Waals surface area contributed by atoms with Crippen molar-refractivity contribution in [2.75, 3.05) is 11.9 Å². The maximum absolute atomic E-state index is 12.9. The van der Waals surface area contributed by atoms with Crippen molar-refractivity contribution < 1.29 is 13.7 Å². The molecule has 8 heteroatoms. The molecule has 0 fully saturated rings. The van der Waals surface area contributed by atoms with Crippen molar-refractivity contribution in [2.24, 2.45) is 0 Å². The Morgan fingerprint density at radius 1 is 1.45 bits per heavy atom. The molecule has 0 bridgehead atoms. The van der Waals surface area contributed by atoms with Gasteiger partial charge in [0.1, 0.15) is 0 Å². The van der Waals surface area contributed by atoms with Crippen LogP contribution in [-0.2, 0) is 6.42 Å². The van der Waals surface area contributed by atoms with E-state index in [0.29, 0.717) is 13.0 Å². The minimum Gasteiger partial charge on any atom is -0.384 e. The van der Waals surface area contributed by atoms with Crippen LogP contribution in [0, 0.1) is 10.1 Å². The summed E-state index contributed by atoms with van der Waals surface area (Å²) in [4.78, 5) is 14.0. The van der Waals surface area contributed by atoms with Crippen LogP contribution in [0.15, 0.2) is 29.1 Å². The Morgan fingerprint density at radius 2 is 2.25 bits per heavy atom. The average Bonchev–Trinajstić information content (AvgIpc) is 2.91. The molecule has 1 N–H and O–H groups in total. The summed E-state index contributed by atoms with van der Waals surface area (Å²) in [6.07, 6.45) is -2.17. The lowest BCUT2D eigenvalue weighted by Gasteiger charge is -2.10. The topological polar surface area (TPSA) is 68.1 Å². The molecule has 2 aromatic rings. The highest BCUT2D eigenvalue weighted by atomic mass is 32.1. The van der Waals surface area contributed by atoms with Crippen molar-refractivity contribution in [2.45, 2.75) is 12.8 Å². The van der Waals surface area contributed by atoms with Crippen LogP contribution in [0.2, 0.25) is 0 Å². The van der Waals surface area contributed by atoms with E-state index in [1.165, 1.54) is 23.5 Å². The lowest BCUT2D eigenvalue weighted by Crippen LogP contribution is -2.07. The molecule has 20 heavy (non-hydrogen) atoms. The molecule has 2 rings (SSSR count). The molecule has 0 saturated carbocycles. The summed E-state index contributed by atoms with van der Waals surface area (Å²) in [6.45, 7) is 0.432. The second-order valence-electron chi connectivity index (χ2n) is 3.99. The first-order valence-corrected chi connectivity index (χ1v) is 6.69. The van der Waals surface area contributed by atoms with E-state index in [4.69, 9.17) is 0 Å². The molecule has 1 aromatic heterocycles. The number of benzene rings is 1. The number of hydrogen-bond acceptors (Lipinski definition) is 5. The zero-order valence-electron chi connectivity index (χ0n) is 10.3. The van der Waals surface area contributed by atoms with Gasteiger partial charge in [0.2, 0.25) is 0 Å². The van der Waals surface area contributed by atoms with Crippen molar-refractivity contribution in [1.82, 2.24) is 4.98 Å². The number of aromatic nitrogens is 1. The Morgan fingerprint density at radius 3 is 2.85 bits per heavy atom. The normalized spacial score (nSPS) is 10.8. The van der Waals surface area contributed by atoms with Gasteiger partial charge in [0.05, 0.1) is 16.1 Å². The Bertz CT molecular complexity index is 590. The maximum Gasteiger partial charge on any atom is 0.270 e. The highest BCUT2D eigenvalue weighted by Crippen LogP contribution is 2.30. The van der Waals surface area contributed by atoms with Crippen molar-refractivity contribution in [3.8, 4) is 0 Å². The largest absolute Gasteiger partial charge is 0.384 e. The Hall–Kier alpha value is -2.09. The van der Waals surface area contributed by atoms with E-state index in [-0.39, 0.29) is 16.9 Å². The van der Waals surface area contributed by atoms with Gasteiger partial charge in [-0.25, -0.2) is 13.8 Å². The molecular formula is C12H11F2N3O2S. The van der Waals surface area contributed by atoms with Crippen molar-refractivity contribution in [3.05, 3.63) is 50.5 Å². The number of nitro benzene ring substituents is 1. The van der Waals surface area contributed by atoms with Gasteiger partial charge in [0.15, 0.2) is 0 Å². The van der Waals surface area contributed by atoms with Gasteiger partial charge in [-0.3, -0.25) is 10.1 Å². The van der Waals surface area contributed by atoms with E-state index in [9.17, 15) is 18.9 Å². The molecule has 106 valence electrons. The zero-order chi connectivity index (χ0) is 14.5. The molecule has 5 nitrogen and oxygen atoms in total. The van der Waals surface area contributed by atoms with Crippen LogP contribution in [-0.4, -0.2) is 16.5 Å². The summed E-state index contributed by atoms with van der Waals surface area (Å²) < 4.78 is 25.8. The number of anilines is 1. The molecule has 1 aromatic carbocycles. The molecule has 0 atom stereocenters. The number of thiazole rings is 1. The molecule has 1 heterocycles. The summed E-state index contributed by atoms with van der Waals surface area (Å²) in [6, 6.07) is 3.41. The summed E-state index contributed by atoms with van der Waals surface area (Å²) >= 11 is 1.47. The van der Waals surface area contributed by atoms with Gasteiger partial charge in [0, 0.05) is 41.7 Å². The third-order valence-corrected chi connectivity index (χ3v) is 3.30. The van der Waals surface area contributed by atoms with Gasteiger partial charge in [-0.2, -0.15) is 0 Å². The van der Waals surface area contributed by atoms with E-state index >= 15 is 0 Å². The molecule has 0 aliphatic heterocycles. The summed E-state index contributed by atoms with van der Waals surface area (Å²) in [5, 5.41) is 15.3. The second kappa shape index (κ2) is 6.38. The highest BCUT2D eigenvalue weighted by molar-refractivity contribution is 7.07. The van der Waals surface area contributed by atoms with Crippen LogP contribution in [0.5, 0.6) is 0 Å². The first kappa shape index (κ1) is 14.3. The quantitative estimate of drug-likeness (QED) is 0.653. The monoisotopic (exact) mass is 299 g/mol. The molecule has 0 amide bonds. The minimum absolute atomic E-state index is 0.209. The van der Waals surface area contributed by atoms with Crippen LogP contribution in [0.4, 0.5) is 20.2 Å². The Kier molecular flexibility index (Phi) is 4.57. The summed E-state index contributed by atoms with van der Waals surface area (Å²) in [7, 11) is 0. The predicted octanol–water partition coefficient (Wildman–Crippen LogP) is 3.64. The van der Waals surface area contributed by atoms with E-state index in [2.05, 4.69) is 10.3 Å². The third kappa shape index (κ3) is 3.47. The van der Waals surface area contributed by atoms with Crippen LogP contribution in [0.1, 0.15) is 17.7 Å². The Balaban J connectivity index is 2.08. The fourth-order valence-corrected chi connectivity index (χ4v) is 2.28. The first-order valence-electron chi connectivity index (χ1n) is 5.75. The third-order valence-electron chi connectivity index (χ3n) is 2.66. The van der Waals surface area contributed by atoms with Gasteiger partial charge < -0.3 is 5.32 Å². The number of nitro groups is 1. The SMILES string of the molecule is O=[N+]([O-])c1ccc(NCCc2cscn2)c(C(F)F)c1. The molecule has 0 radical (unpaired) electrons. The number of alkyl halides is 2. The fourth-order valence-electron chi connectivity index (χ4n) is 1.69.